The predicted molar refractivity (Wildman–Crippen MR) is 81.8 cm³/mol. The molecule has 0 bridgehead atoms. The number of ketones is 1. The first-order valence-corrected chi connectivity index (χ1v) is 6.78. The summed E-state index contributed by atoms with van der Waals surface area (Å²) in [5.41, 5.74) is 0.00249. The van der Waals surface area contributed by atoms with Crippen molar-refractivity contribution in [1.82, 2.24) is 0 Å². The molecule has 0 spiro atoms. The molecule has 1 aromatic rings. The van der Waals surface area contributed by atoms with Gasteiger partial charge in [-0.1, -0.05) is 36.4 Å². The number of aliphatic hydroxyl groups excluding tert-OH is 1. The Morgan fingerprint density at radius 3 is 2.39 bits per heavy atom. The van der Waals surface area contributed by atoms with Crippen LogP contribution < -0.4 is 0 Å². The average molecular weight is 309 g/mol. The number of allylic oxidation sites excluding steroid dienone is 2. The van der Waals surface area contributed by atoms with Crippen molar-refractivity contribution in [1.29, 1.82) is 0 Å². The molecule has 6 heteroatoms. The van der Waals surface area contributed by atoms with Gasteiger partial charge in [-0.2, -0.15) is 0 Å². The van der Waals surface area contributed by atoms with E-state index in [1.165, 1.54) is 18.2 Å². The fourth-order valence-corrected chi connectivity index (χ4v) is 2.45. The van der Waals surface area contributed by atoms with Crippen LogP contribution in [0.1, 0.15) is 5.56 Å². The van der Waals surface area contributed by atoms with Crippen molar-refractivity contribution in [3.05, 3.63) is 65.3 Å². The highest BCUT2D eigenvalue weighted by Crippen LogP contribution is 2.28. The number of carboxylic acids is 1. The maximum atomic E-state index is 12.6. The minimum Gasteiger partial charge on any atom is -0.506 e. The van der Waals surface area contributed by atoms with Crippen LogP contribution in [0.15, 0.2) is 64.7 Å². The topological polar surface area (TPSA) is 104 Å². The van der Waals surface area contributed by atoms with E-state index in [1.807, 2.05) is 0 Å². The summed E-state index contributed by atoms with van der Waals surface area (Å²) >= 11 is 0. The SMILES string of the molecule is O=C(O)C1=CC2C(=O)/C(=C(/O)c3ccccc3)C(=O)N=C2C=C1. The van der Waals surface area contributed by atoms with Gasteiger partial charge in [-0.05, 0) is 12.2 Å². The highest BCUT2D eigenvalue weighted by atomic mass is 16.4. The number of aliphatic hydroxyl groups is 1. The number of fused-ring (bicyclic) bond motifs is 1. The van der Waals surface area contributed by atoms with E-state index in [-0.39, 0.29) is 11.3 Å². The van der Waals surface area contributed by atoms with Gasteiger partial charge in [0.05, 0.1) is 17.2 Å². The number of benzene rings is 1. The van der Waals surface area contributed by atoms with Crippen LogP contribution in [-0.4, -0.2) is 33.6 Å². The van der Waals surface area contributed by atoms with E-state index >= 15 is 0 Å². The smallest absolute Gasteiger partial charge is 0.335 e. The summed E-state index contributed by atoms with van der Waals surface area (Å²) in [7, 11) is 0. The van der Waals surface area contributed by atoms with E-state index in [0.29, 0.717) is 5.56 Å². The normalized spacial score (nSPS) is 22.2. The molecule has 1 amide bonds. The quantitative estimate of drug-likeness (QED) is 0.491. The number of carbonyl (C=O) groups is 3. The van der Waals surface area contributed by atoms with Crippen molar-refractivity contribution >= 4 is 29.1 Å². The zero-order valence-electron chi connectivity index (χ0n) is 11.8. The molecule has 1 aromatic carbocycles. The molecule has 0 aromatic heterocycles. The second-order valence-corrected chi connectivity index (χ2v) is 5.03. The largest absolute Gasteiger partial charge is 0.506 e. The van der Waals surface area contributed by atoms with Gasteiger partial charge in [-0.15, -0.1) is 0 Å². The number of Topliss-reactive ketones (excluding diaryl/α,β-unsaturated/α-hetero) is 1. The average Bonchev–Trinajstić information content (AvgIpc) is 2.55. The number of hydrogen-bond acceptors (Lipinski definition) is 4. The third kappa shape index (κ3) is 2.50. The molecular weight excluding hydrogens is 298 g/mol. The van der Waals surface area contributed by atoms with Gasteiger partial charge in [0.1, 0.15) is 11.3 Å². The molecule has 6 nitrogen and oxygen atoms in total. The minimum atomic E-state index is -1.18. The molecule has 114 valence electrons. The van der Waals surface area contributed by atoms with Crippen molar-refractivity contribution in [2.45, 2.75) is 0 Å². The predicted octanol–water partition coefficient (Wildman–Crippen LogP) is 1.70. The third-order valence-electron chi connectivity index (χ3n) is 3.60. The first-order valence-electron chi connectivity index (χ1n) is 6.78. The van der Waals surface area contributed by atoms with E-state index in [4.69, 9.17) is 5.11 Å². The number of nitrogens with zero attached hydrogens (tertiary/aromatic N) is 1. The maximum Gasteiger partial charge on any atom is 0.335 e. The van der Waals surface area contributed by atoms with E-state index in [1.54, 1.807) is 30.3 Å². The summed E-state index contributed by atoms with van der Waals surface area (Å²) in [5.74, 6) is -4.11. The molecule has 23 heavy (non-hydrogen) atoms. The number of carbonyl (C=O) groups excluding carboxylic acids is 2. The summed E-state index contributed by atoms with van der Waals surface area (Å²) in [6.45, 7) is 0. The Morgan fingerprint density at radius 2 is 1.74 bits per heavy atom. The number of aliphatic carboxylic acids is 1. The molecule has 0 saturated carbocycles. The molecular formula is C17H11NO5. The first-order chi connectivity index (χ1) is 11.0. The minimum absolute atomic E-state index is 0.0600. The molecule has 2 aliphatic rings. The molecule has 3 rings (SSSR count). The maximum absolute atomic E-state index is 12.6. The van der Waals surface area contributed by atoms with Crippen LogP contribution in [0.4, 0.5) is 0 Å². The van der Waals surface area contributed by atoms with E-state index < -0.39 is 34.9 Å². The Hall–Kier alpha value is -3.28. The zero-order chi connectivity index (χ0) is 16.6. The molecule has 1 aliphatic carbocycles. The van der Waals surface area contributed by atoms with Gasteiger partial charge in [0.2, 0.25) is 0 Å². The van der Waals surface area contributed by atoms with Crippen molar-refractivity contribution in [2.75, 3.05) is 0 Å². The van der Waals surface area contributed by atoms with Gasteiger partial charge < -0.3 is 10.2 Å². The standard InChI is InChI=1S/C17H11NO5/c19-14(9-4-2-1-3-5-9)13-15(20)11-8-10(17(22)23)6-7-12(11)18-16(13)21/h1-8,11,19H,(H,22,23)/b14-13-. The van der Waals surface area contributed by atoms with Crippen LogP contribution in [0.3, 0.4) is 0 Å². The lowest BCUT2D eigenvalue weighted by Crippen LogP contribution is -2.34. The molecule has 0 saturated heterocycles. The Morgan fingerprint density at radius 1 is 1.04 bits per heavy atom. The van der Waals surface area contributed by atoms with Crippen LogP contribution in [-0.2, 0) is 14.4 Å². The van der Waals surface area contributed by atoms with Crippen molar-refractivity contribution in [3.8, 4) is 0 Å². The van der Waals surface area contributed by atoms with Gasteiger partial charge in [0.15, 0.2) is 5.78 Å². The second kappa shape index (κ2) is 5.49. The molecule has 1 heterocycles. The van der Waals surface area contributed by atoms with Crippen molar-refractivity contribution < 1.29 is 24.6 Å². The summed E-state index contributed by atoms with van der Waals surface area (Å²) in [5, 5.41) is 19.3. The monoisotopic (exact) mass is 309 g/mol. The molecule has 1 aliphatic heterocycles. The Balaban J connectivity index is 2.11. The second-order valence-electron chi connectivity index (χ2n) is 5.03. The number of amides is 1. The van der Waals surface area contributed by atoms with Crippen LogP contribution in [0.25, 0.3) is 5.76 Å². The van der Waals surface area contributed by atoms with Crippen molar-refractivity contribution in [3.63, 3.8) is 0 Å². The fourth-order valence-electron chi connectivity index (χ4n) is 2.45. The molecule has 2 N–H and O–H groups in total. The summed E-state index contributed by atoms with van der Waals surface area (Å²) in [6, 6.07) is 8.16. The van der Waals surface area contributed by atoms with E-state index in [9.17, 15) is 19.5 Å². The first kappa shape index (κ1) is 14.6. The number of carboxylic acid groups (broad SMARTS) is 1. The third-order valence-corrected chi connectivity index (χ3v) is 3.60. The number of aliphatic imine (C=N–C) groups is 1. The van der Waals surface area contributed by atoms with Crippen LogP contribution in [0.2, 0.25) is 0 Å². The summed E-state index contributed by atoms with van der Waals surface area (Å²) in [6.07, 6.45) is 3.85. The number of rotatable bonds is 2. The van der Waals surface area contributed by atoms with E-state index in [2.05, 4.69) is 4.99 Å². The Bertz CT molecular complexity index is 843. The lowest BCUT2D eigenvalue weighted by Gasteiger charge is -2.22. The van der Waals surface area contributed by atoms with Crippen LogP contribution in [0, 0.1) is 5.92 Å². The van der Waals surface area contributed by atoms with Gasteiger partial charge in [-0.25, -0.2) is 9.79 Å². The summed E-state index contributed by atoms with van der Waals surface area (Å²) in [4.78, 5) is 39.5. The lowest BCUT2D eigenvalue weighted by atomic mass is 9.83. The summed E-state index contributed by atoms with van der Waals surface area (Å²) < 4.78 is 0. The molecule has 1 unspecified atom stereocenters. The number of hydrogen-bond donors (Lipinski definition) is 2. The van der Waals surface area contributed by atoms with Gasteiger partial charge in [0.25, 0.3) is 5.91 Å². The molecule has 1 atom stereocenters. The van der Waals surface area contributed by atoms with Gasteiger partial charge in [0, 0.05) is 5.56 Å². The van der Waals surface area contributed by atoms with Crippen LogP contribution >= 0.6 is 0 Å². The van der Waals surface area contributed by atoms with E-state index in [0.717, 1.165) is 0 Å². The van der Waals surface area contributed by atoms with Crippen molar-refractivity contribution in [2.24, 2.45) is 10.9 Å². The van der Waals surface area contributed by atoms with Gasteiger partial charge >= 0.3 is 5.97 Å². The fraction of sp³-hybridized carbons (Fsp3) is 0.0588. The van der Waals surface area contributed by atoms with Crippen LogP contribution in [0.5, 0.6) is 0 Å². The Labute approximate surface area is 130 Å². The highest BCUT2D eigenvalue weighted by molar-refractivity contribution is 6.37. The zero-order valence-corrected chi connectivity index (χ0v) is 11.8. The lowest BCUT2D eigenvalue weighted by molar-refractivity contribution is -0.132. The highest BCUT2D eigenvalue weighted by Gasteiger charge is 2.37. The molecule has 0 radical (unpaired) electrons. The molecule has 0 fully saturated rings. The van der Waals surface area contributed by atoms with Gasteiger partial charge in [-0.3, -0.25) is 9.59 Å². The Kier molecular flexibility index (Phi) is 3.50.